The third kappa shape index (κ3) is 3.76. The van der Waals surface area contributed by atoms with Crippen LogP contribution in [0, 0.1) is 0 Å². The average molecular weight is 372 g/mol. The van der Waals surface area contributed by atoms with Gasteiger partial charge >= 0.3 is 6.09 Å². The number of likely N-dealkylation sites (tertiary alicyclic amines) is 1. The second-order valence-corrected chi connectivity index (χ2v) is 7.64. The lowest BCUT2D eigenvalue weighted by Crippen LogP contribution is -2.38. The van der Waals surface area contributed by atoms with Crippen LogP contribution in [0.4, 0.5) is 4.79 Å². The Kier molecular flexibility index (Phi) is 5.24. The van der Waals surface area contributed by atoms with Gasteiger partial charge < -0.3 is 20.4 Å². The fraction of sp³-hybridized carbons (Fsp3) is 0.684. The largest absolute Gasteiger partial charge is 0.450 e. The van der Waals surface area contributed by atoms with Crippen LogP contribution in [0.5, 0.6) is 0 Å². The van der Waals surface area contributed by atoms with Crippen LogP contribution in [0.25, 0.3) is 11.2 Å². The van der Waals surface area contributed by atoms with Crippen LogP contribution in [-0.4, -0.2) is 56.7 Å². The van der Waals surface area contributed by atoms with E-state index < -0.39 is 0 Å². The van der Waals surface area contributed by atoms with Crippen molar-refractivity contribution in [1.29, 1.82) is 0 Å². The van der Waals surface area contributed by atoms with Crippen LogP contribution in [0.3, 0.4) is 0 Å². The third-order valence-electron chi connectivity index (χ3n) is 5.88. The summed E-state index contributed by atoms with van der Waals surface area (Å²) in [6.45, 7) is 3.63. The smallest absolute Gasteiger partial charge is 0.409 e. The molecule has 2 fully saturated rings. The number of amides is 1. The zero-order valence-electron chi connectivity index (χ0n) is 15.9. The number of piperidine rings is 1. The zero-order valence-corrected chi connectivity index (χ0v) is 15.9. The van der Waals surface area contributed by atoms with Gasteiger partial charge in [0.1, 0.15) is 11.3 Å². The van der Waals surface area contributed by atoms with Crippen LogP contribution in [0.2, 0.25) is 0 Å². The van der Waals surface area contributed by atoms with Crippen molar-refractivity contribution >= 4 is 17.3 Å². The van der Waals surface area contributed by atoms with Crippen LogP contribution in [-0.2, 0) is 4.74 Å². The number of hydrogen-bond donors (Lipinski definition) is 2. The van der Waals surface area contributed by atoms with E-state index in [-0.39, 0.29) is 6.09 Å². The van der Waals surface area contributed by atoms with Gasteiger partial charge in [0.05, 0.1) is 18.6 Å². The van der Waals surface area contributed by atoms with E-state index in [9.17, 15) is 4.79 Å². The molecule has 8 heteroatoms. The van der Waals surface area contributed by atoms with E-state index in [0.29, 0.717) is 37.6 Å². The standard InChI is InChI=1S/C19H28N6O2/c1-2-27-19(26)25-9-7-12(8-10-25)15-16-18(22-11-21-16)24-17(23-15)13-3-5-14(20)6-4-13/h11-14H,2-10,20H2,1H3,(H,21,22,23,24). The molecule has 27 heavy (non-hydrogen) atoms. The highest BCUT2D eigenvalue weighted by Gasteiger charge is 2.29. The van der Waals surface area contributed by atoms with Gasteiger partial charge in [-0.15, -0.1) is 0 Å². The van der Waals surface area contributed by atoms with Crippen molar-refractivity contribution in [3.05, 3.63) is 17.8 Å². The van der Waals surface area contributed by atoms with Gasteiger partial charge in [-0.3, -0.25) is 0 Å². The number of nitrogens with zero attached hydrogens (tertiary/aromatic N) is 4. The fourth-order valence-corrected chi connectivity index (χ4v) is 4.28. The zero-order chi connectivity index (χ0) is 18.8. The van der Waals surface area contributed by atoms with Crippen molar-refractivity contribution in [2.75, 3.05) is 19.7 Å². The Balaban J connectivity index is 1.55. The van der Waals surface area contributed by atoms with Gasteiger partial charge in [0.2, 0.25) is 0 Å². The summed E-state index contributed by atoms with van der Waals surface area (Å²) in [6.07, 6.45) is 7.36. The van der Waals surface area contributed by atoms with Gasteiger partial charge in [0.15, 0.2) is 5.65 Å². The molecule has 4 rings (SSSR count). The molecular formula is C19H28N6O2. The number of aromatic nitrogens is 4. The predicted octanol–water partition coefficient (Wildman–Crippen LogP) is 2.67. The van der Waals surface area contributed by atoms with Crippen molar-refractivity contribution in [1.82, 2.24) is 24.8 Å². The summed E-state index contributed by atoms with van der Waals surface area (Å²) < 4.78 is 5.12. The monoisotopic (exact) mass is 372 g/mol. The topological polar surface area (TPSA) is 110 Å². The lowest BCUT2D eigenvalue weighted by atomic mass is 9.85. The summed E-state index contributed by atoms with van der Waals surface area (Å²) in [7, 11) is 0. The van der Waals surface area contributed by atoms with Crippen molar-refractivity contribution < 1.29 is 9.53 Å². The molecule has 0 radical (unpaired) electrons. The van der Waals surface area contributed by atoms with Crippen molar-refractivity contribution in [3.8, 4) is 0 Å². The molecule has 8 nitrogen and oxygen atoms in total. The number of rotatable bonds is 3. The summed E-state index contributed by atoms with van der Waals surface area (Å²) in [4.78, 5) is 31.1. The highest BCUT2D eigenvalue weighted by atomic mass is 16.6. The number of nitrogens with one attached hydrogen (secondary N) is 1. The molecule has 3 heterocycles. The molecule has 3 N–H and O–H groups in total. The number of carbonyl (C=O) groups is 1. The van der Waals surface area contributed by atoms with E-state index in [1.165, 1.54) is 0 Å². The van der Waals surface area contributed by atoms with Crippen LogP contribution in [0.15, 0.2) is 6.33 Å². The molecule has 1 amide bonds. The summed E-state index contributed by atoms with van der Waals surface area (Å²) in [5.74, 6) is 1.57. The highest BCUT2D eigenvalue weighted by molar-refractivity contribution is 5.73. The molecule has 2 aliphatic rings. The number of fused-ring (bicyclic) bond motifs is 1. The maximum Gasteiger partial charge on any atom is 0.409 e. The second-order valence-electron chi connectivity index (χ2n) is 7.64. The Morgan fingerprint density at radius 1 is 1.19 bits per heavy atom. The molecule has 1 saturated carbocycles. The summed E-state index contributed by atoms with van der Waals surface area (Å²) in [5, 5.41) is 0. The van der Waals surface area contributed by atoms with Crippen molar-refractivity contribution in [3.63, 3.8) is 0 Å². The number of H-pyrrole nitrogens is 1. The van der Waals surface area contributed by atoms with E-state index >= 15 is 0 Å². The second kappa shape index (κ2) is 7.80. The van der Waals surface area contributed by atoms with E-state index in [0.717, 1.165) is 61.2 Å². The molecule has 2 aromatic rings. The normalized spacial score (nSPS) is 24.3. The summed E-state index contributed by atoms with van der Waals surface area (Å²) in [5.41, 5.74) is 8.78. The average Bonchev–Trinajstić information content (AvgIpc) is 3.17. The van der Waals surface area contributed by atoms with Crippen molar-refractivity contribution in [2.45, 2.75) is 63.3 Å². The third-order valence-corrected chi connectivity index (χ3v) is 5.88. The lowest BCUT2D eigenvalue weighted by molar-refractivity contribution is 0.0969. The molecule has 146 valence electrons. The van der Waals surface area contributed by atoms with Gasteiger partial charge in [-0.2, -0.15) is 0 Å². The Morgan fingerprint density at radius 3 is 2.63 bits per heavy atom. The number of hydrogen-bond acceptors (Lipinski definition) is 6. The first-order valence-corrected chi connectivity index (χ1v) is 10.0. The first-order chi connectivity index (χ1) is 13.2. The van der Waals surface area contributed by atoms with E-state index in [2.05, 4.69) is 9.97 Å². The van der Waals surface area contributed by atoms with E-state index in [1.54, 1.807) is 11.2 Å². The molecular weight excluding hydrogens is 344 g/mol. The van der Waals surface area contributed by atoms with Gasteiger partial charge in [-0.25, -0.2) is 19.7 Å². The maximum absolute atomic E-state index is 12.0. The molecule has 0 atom stereocenters. The molecule has 2 aromatic heterocycles. The first kappa shape index (κ1) is 18.2. The SMILES string of the molecule is CCOC(=O)N1CCC(c2nc(C3CCC(N)CC3)nc3nc[nH]c23)CC1. The molecule has 0 unspecified atom stereocenters. The minimum Gasteiger partial charge on any atom is -0.450 e. The molecule has 1 aliphatic carbocycles. The Labute approximate surface area is 158 Å². The van der Waals surface area contributed by atoms with Gasteiger partial charge in [0.25, 0.3) is 0 Å². The van der Waals surface area contributed by atoms with Gasteiger partial charge in [-0.05, 0) is 45.4 Å². The first-order valence-electron chi connectivity index (χ1n) is 10.0. The Morgan fingerprint density at radius 2 is 1.93 bits per heavy atom. The summed E-state index contributed by atoms with van der Waals surface area (Å²) >= 11 is 0. The lowest BCUT2D eigenvalue weighted by Gasteiger charge is -2.31. The minimum atomic E-state index is -0.218. The summed E-state index contributed by atoms with van der Waals surface area (Å²) in [6, 6.07) is 0.307. The predicted molar refractivity (Wildman–Crippen MR) is 101 cm³/mol. The number of aromatic amines is 1. The van der Waals surface area contributed by atoms with Gasteiger partial charge in [-0.1, -0.05) is 0 Å². The minimum absolute atomic E-state index is 0.218. The quantitative estimate of drug-likeness (QED) is 0.857. The number of imidazole rings is 1. The molecule has 0 aromatic carbocycles. The van der Waals surface area contributed by atoms with Crippen LogP contribution >= 0.6 is 0 Å². The van der Waals surface area contributed by atoms with Crippen LogP contribution < -0.4 is 5.73 Å². The number of nitrogens with two attached hydrogens (primary N) is 1. The number of carbonyl (C=O) groups excluding carboxylic acids is 1. The van der Waals surface area contributed by atoms with E-state index in [1.807, 2.05) is 6.92 Å². The number of ether oxygens (including phenoxy) is 1. The van der Waals surface area contributed by atoms with Gasteiger partial charge in [0, 0.05) is 31.0 Å². The maximum atomic E-state index is 12.0. The highest BCUT2D eigenvalue weighted by Crippen LogP contribution is 2.35. The molecule has 1 saturated heterocycles. The van der Waals surface area contributed by atoms with Crippen LogP contribution in [0.1, 0.15) is 68.8 Å². The Bertz CT molecular complexity index is 791. The molecule has 0 bridgehead atoms. The molecule has 0 spiro atoms. The molecule has 1 aliphatic heterocycles. The van der Waals surface area contributed by atoms with Crippen molar-refractivity contribution in [2.24, 2.45) is 5.73 Å². The fourth-order valence-electron chi connectivity index (χ4n) is 4.28. The Hall–Kier alpha value is -2.22. The van der Waals surface area contributed by atoms with E-state index in [4.69, 9.17) is 20.4 Å².